The molecule has 0 spiro atoms. The molecule has 136 valence electrons. The maximum atomic E-state index is 11.7. The van der Waals surface area contributed by atoms with Gasteiger partial charge in [-0.15, -0.1) is 0 Å². The van der Waals surface area contributed by atoms with Gasteiger partial charge in [0.15, 0.2) is 11.5 Å². The van der Waals surface area contributed by atoms with Gasteiger partial charge in [-0.25, -0.2) is 9.97 Å². The van der Waals surface area contributed by atoms with Crippen molar-refractivity contribution in [1.29, 1.82) is 0 Å². The van der Waals surface area contributed by atoms with Gasteiger partial charge in [0.05, 0.1) is 11.6 Å². The molecule has 7 heteroatoms. The molecule has 0 bridgehead atoms. The van der Waals surface area contributed by atoms with Crippen LogP contribution in [0.4, 0.5) is 0 Å². The van der Waals surface area contributed by atoms with E-state index in [2.05, 4.69) is 16.5 Å². The third kappa shape index (κ3) is 3.60. The molecule has 1 aromatic heterocycles. The second kappa shape index (κ2) is 7.11. The molecule has 26 heavy (non-hydrogen) atoms. The van der Waals surface area contributed by atoms with E-state index in [4.69, 9.17) is 21.1 Å². The Labute approximate surface area is 156 Å². The van der Waals surface area contributed by atoms with Gasteiger partial charge in [-0.1, -0.05) is 18.2 Å². The Hall–Kier alpha value is -2.34. The molecule has 1 amide bonds. The molecule has 2 heterocycles. The van der Waals surface area contributed by atoms with Gasteiger partial charge in [-0.05, 0) is 25.0 Å². The van der Waals surface area contributed by atoms with Crippen LogP contribution in [0.25, 0.3) is 10.9 Å². The Morgan fingerprint density at radius 2 is 1.77 bits per heavy atom. The molecular weight excluding hydrogens is 354 g/mol. The number of rotatable bonds is 5. The summed E-state index contributed by atoms with van der Waals surface area (Å²) in [6, 6.07) is 3.73. The van der Waals surface area contributed by atoms with Crippen molar-refractivity contribution in [2.24, 2.45) is 0 Å². The molecule has 1 saturated carbocycles. The van der Waals surface area contributed by atoms with E-state index in [0.717, 1.165) is 36.6 Å². The zero-order valence-electron chi connectivity index (χ0n) is 14.4. The predicted octanol–water partition coefficient (Wildman–Crippen LogP) is 3.38. The monoisotopic (exact) mass is 373 g/mol. The zero-order chi connectivity index (χ0) is 18.1. The average Bonchev–Trinajstić information content (AvgIpc) is 3.47. The normalized spacial score (nSPS) is 18.0. The second-order valence-corrected chi connectivity index (χ2v) is 7.00. The Balaban J connectivity index is 1.55. The predicted molar refractivity (Wildman–Crippen MR) is 98.6 cm³/mol. The highest BCUT2D eigenvalue weighted by atomic mass is 35.5. The molecule has 1 aromatic carbocycles. The average molecular weight is 374 g/mol. The highest BCUT2D eigenvalue weighted by molar-refractivity contribution is 6.34. The molecule has 2 aliphatic rings. The number of fused-ring (bicyclic) bond motifs is 1. The summed E-state index contributed by atoms with van der Waals surface area (Å²) in [5.41, 5.74) is 0.736. The number of hydrogen-bond donors (Lipinski definition) is 0. The highest BCUT2D eigenvalue weighted by Gasteiger charge is 2.27. The van der Waals surface area contributed by atoms with Gasteiger partial charge < -0.3 is 14.4 Å². The molecular formula is C19H20ClN3O3. The van der Waals surface area contributed by atoms with E-state index in [1.54, 1.807) is 4.90 Å². The number of piperidine rings is 1. The van der Waals surface area contributed by atoms with Crippen LogP contribution in [-0.4, -0.2) is 46.1 Å². The Bertz CT molecular complexity index is 845. The molecule has 6 nitrogen and oxygen atoms in total. The summed E-state index contributed by atoms with van der Waals surface area (Å²) in [7, 11) is 0. The Kier molecular flexibility index (Phi) is 4.68. The number of benzene rings is 1. The van der Waals surface area contributed by atoms with Crippen LogP contribution in [0.5, 0.6) is 11.5 Å². The Morgan fingerprint density at radius 1 is 1.12 bits per heavy atom. The number of carbonyl (C=O) groups excluding carboxylic acids is 1. The van der Waals surface area contributed by atoms with E-state index in [9.17, 15) is 4.79 Å². The third-order valence-electron chi connectivity index (χ3n) is 4.69. The third-order valence-corrected chi connectivity index (χ3v) is 4.99. The van der Waals surface area contributed by atoms with Crippen molar-refractivity contribution >= 4 is 28.4 Å². The first-order valence-electron chi connectivity index (χ1n) is 8.83. The van der Waals surface area contributed by atoms with Gasteiger partial charge in [0.2, 0.25) is 5.91 Å². The lowest BCUT2D eigenvalue weighted by molar-refractivity contribution is -0.127. The quantitative estimate of drug-likeness (QED) is 0.593. The maximum absolute atomic E-state index is 11.7. The van der Waals surface area contributed by atoms with Gasteiger partial charge >= 0.3 is 0 Å². The van der Waals surface area contributed by atoms with Gasteiger partial charge in [0, 0.05) is 37.4 Å². The molecule has 0 N–H and O–H groups in total. The topological polar surface area (TPSA) is 64.6 Å². The lowest BCUT2D eigenvalue weighted by Crippen LogP contribution is -2.41. The van der Waals surface area contributed by atoms with Crippen LogP contribution >= 0.6 is 11.6 Å². The fraction of sp³-hybridized carbons (Fsp3) is 0.421. The fourth-order valence-electron chi connectivity index (χ4n) is 3.08. The number of nitrogens with zero attached hydrogens (tertiary/aromatic N) is 3. The summed E-state index contributed by atoms with van der Waals surface area (Å²) in [5, 5.41) is 1.14. The SMILES string of the molecule is C=CC(=O)N1CCC(Oc2cc3c(Cl)ncnc3cc2OC2CC2)CC1. The number of halogens is 1. The van der Waals surface area contributed by atoms with Crippen LogP contribution in [0.3, 0.4) is 0 Å². The van der Waals surface area contributed by atoms with Crippen LogP contribution in [0.15, 0.2) is 31.1 Å². The fourth-order valence-corrected chi connectivity index (χ4v) is 3.28. The van der Waals surface area contributed by atoms with Gasteiger partial charge in [0.1, 0.15) is 17.6 Å². The van der Waals surface area contributed by atoms with Crippen LogP contribution < -0.4 is 9.47 Å². The first-order chi connectivity index (χ1) is 12.6. The lowest BCUT2D eigenvalue weighted by atomic mass is 10.1. The van der Waals surface area contributed by atoms with E-state index >= 15 is 0 Å². The lowest BCUT2D eigenvalue weighted by Gasteiger charge is -2.32. The molecule has 0 unspecified atom stereocenters. The molecule has 0 atom stereocenters. The van der Waals surface area contributed by atoms with Crippen molar-refractivity contribution in [3.05, 3.63) is 36.3 Å². The van der Waals surface area contributed by atoms with Gasteiger partial charge in [-0.3, -0.25) is 4.79 Å². The van der Waals surface area contributed by atoms with E-state index in [1.165, 1.54) is 12.4 Å². The Morgan fingerprint density at radius 3 is 2.42 bits per heavy atom. The van der Waals surface area contributed by atoms with Gasteiger partial charge in [0.25, 0.3) is 0 Å². The number of carbonyl (C=O) groups is 1. The number of likely N-dealkylation sites (tertiary alicyclic amines) is 1. The minimum Gasteiger partial charge on any atom is -0.486 e. The van der Waals surface area contributed by atoms with Crippen molar-refractivity contribution in [2.45, 2.75) is 37.9 Å². The molecule has 0 radical (unpaired) electrons. The highest BCUT2D eigenvalue weighted by Crippen LogP contribution is 2.38. The van der Waals surface area contributed by atoms with Crippen molar-refractivity contribution in [3.8, 4) is 11.5 Å². The second-order valence-electron chi connectivity index (χ2n) is 6.64. The number of ether oxygens (including phenoxy) is 2. The molecule has 2 fully saturated rings. The van der Waals surface area contributed by atoms with Crippen molar-refractivity contribution < 1.29 is 14.3 Å². The molecule has 2 aromatic rings. The minimum atomic E-state index is -0.0316. The van der Waals surface area contributed by atoms with E-state index in [0.29, 0.717) is 29.7 Å². The van der Waals surface area contributed by atoms with Crippen LogP contribution in [-0.2, 0) is 4.79 Å². The summed E-state index contributed by atoms with van der Waals surface area (Å²) in [6.45, 7) is 4.86. The van der Waals surface area contributed by atoms with E-state index < -0.39 is 0 Å². The zero-order valence-corrected chi connectivity index (χ0v) is 15.1. The standard InChI is InChI=1S/C19H20ClN3O3/c1-2-18(24)23-7-5-13(6-8-23)26-16-9-14-15(21-11-22-19(14)20)10-17(16)25-12-3-4-12/h2,9-13H,1,3-8H2. The number of aromatic nitrogens is 2. The van der Waals surface area contributed by atoms with Crippen LogP contribution in [0.2, 0.25) is 5.15 Å². The molecule has 1 aliphatic carbocycles. The van der Waals surface area contributed by atoms with Crippen molar-refractivity contribution in [1.82, 2.24) is 14.9 Å². The first-order valence-corrected chi connectivity index (χ1v) is 9.21. The summed E-state index contributed by atoms with van der Waals surface area (Å²) < 4.78 is 12.3. The van der Waals surface area contributed by atoms with E-state index in [1.807, 2.05) is 12.1 Å². The number of amides is 1. The van der Waals surface area contributed by atoms with Crippen molar-refractivity contribution in [2.75, 3.05) is 13.1 Å². The van der Waals surface area contributed by atoms with Crippen molar-refractivity contribution in [3.63, 3.8) is 0 Å². The van der Waals surface area contributed by atoms with Crippen LogP contribution in [0, 0.1) is 0 Å². The smallest absolute Gasteiger partial charge is 0.245 e. The largest absolute Gasteiger partial charge is 0.486 e. The van der Waals surface area contributed by atoms with Crippen LogP contribution in [0.1, 0.15) is 25.7 Å². The first kappa shape index (κ1) is 17.1. The summed E-state index contributed by atoms with van der Waals surface area (Å²) in [4.78, 5) is 21.8. The van der Waals surface area contributed by atoms with Gasteiger partial charge in [-0.2, -0.15) is 0 Å². The summed E-state index contributed by atoms with van der Waals surface area (Å²) in [6.07, 6.45) is 6.71. The summed E-state index contributed by atoms with van der Waals surface area (Å²) in [5.74, 6) is 1.32. The number of hydrogen-bond acceptors (Lipinski definition) is 5. The molecule has 1 saturated heterocycles. The summed E-state index contributed by atoms with van der Waals surface area (Å²) >= 11 is 6.21. The molecule has 4 rings (SSSR count). The molecule has 1 aliphatic heterocycles. The van der Waals surface area contributed by atoms with E-state index in [-0.39, 0.29) is 18.1 Å². The maximum Gasteiger partial charge on any atom is 0.245 e. The minimum absolute atomic E-state index is 0.0197.